The van der Waals surface area contributed by atoms with Crippen LogP contribution in [0.5, 0.6) is 17.2 Å². The first-order chi connectivity index (χ1) is 6.65. The van der Waals surface area contributed by atoms with Gasteiger partial charge in [0.25, 0.3) is 0 Å². The Balaban J connectivity index is 3.46. The van der Waals surface area contributed by atoms with Gasteiger partial charge in [0, 0.05) is 0 Å². The first kappa shape index (κ1) is 10.4. The smallest absolute Gasteiger partial charge is 0.203 e. The molecule has 4 nitrogen and oxygen atoms in total. The van der Waals surface area contributed by atoms with Gasteiger partial charge < -0.3 is 14.6 Å². The van der Waals surface area contributed by atoms with Crippen LogP contribution >= 0.6 is 0 Å². The fourth-order valence-electron chi connectivity index (χ4n) is 1.26. The minimum absolute atomic E-state index is 0.181. The molecule has 1 rings (SSSR count). The first-order valence-corrected chi connectivity index (χ1v) is 4.05. The highest BCUT2D eigenvalue weighted by Crippen LogP contribution is 2.39. The highest BCUT2D eigenvalue weighted by Gasteiger charge is 2.16. The number of benzene rings is 1. The Labute approximate surface area is 82.1 Å². The molecule has 1 aromatic carbocycles. The Morgan fingerprint density at radius 1 is 1.36 bits per heavy atom. The maximum Gasteiger partial charge on any atom is 0.203 e. The molecular weight excluding hydrogens is 184 g/mol. The molecule has 4 heteroatoms. The van der Waals surface area contributed by atoms with Crippen LogP contribution in [0.4, 0.5) is 0 Å². The van der Waals surface area contributed by atoms with Crippen LogP contribution < -0.4 is 9.47 Å². The van der Waals surface area contributed by atoms with Crippen molar-refractivity contribution in [1.82, 2.24) is 0 Å². The number of methoxy groups -OCH3 is 2. The number of aryl methyl sites for hydroxylation is 1. The predicted molar refractivity (Wildman–Crippen MR) is 51.3 cm³/mol. The van der Waals surface area contributed by atoms with E-state index in [0.29, 0.717) is 17.6 Å². The maximum absolute atomic E-state index is 10.7. The van der Waals surface area contributed by atoms with Gasteiger partial charge in [-0.2, -0.15) is 0 Å². The lowest BCUT2D eigenvalue weighted by molar-refractivity contribution is 0.111. The van der Waals surface area contributed by atoms with Gasteiger partial charge in [0.05, 0.1) is 19.8 Å². The topological polar surface area (TPSA) is 55.8 Å². The molecule has 0 atom stereocenters. The zero-order valence-corrected chi connectivity index (χ0v) is 8.33. The van der Waals surface area contributed by atoms with Gasteiger partial charge in [-0.05, 0) is 18.6 Å². The number of ether oxygens (including phenoxy) is 2. The van der Waals surface area contributed by atoms with E-state index in [0.717, 1.165) is 0 Å². The normalized spacial score (nSPS) is 9.64. The average molecular weight is 196 g/mol. The van der Waals surface area contributed by atoms with E-state index >= 15 is 0 Å². The van der Waals surface area contributed by atoms with Crippen LogP contribution in [0.2, 0.25) is 0 Å². The molecule has 76 valence electrons. The lowest BCUT2D eigenvalue weighted by atomic mass is 10.1. The van der Waals surface area contributed by atoms with E-state index in [2.05, 4.69) is 0 Å². The molecule has 0 bridgehead atoms. The average Bonchev–Trinajstić information content (AvgIpc) is 2.17. The van der Waals surface area contributed by atoms with Gasteiger partial charge in [-0.1, -0.05) is 0 Å². The molecule has 0 amide bonds. The van der Waals surface area contributed by atoms with Crippen molar-refractivity contribution in [2.75, 3.05) is 14.2 Å². The van der Waals surface area contributed by atoms with E-state index in [9.17, 15) is 9.90 Å². The zero-order chi connectivity index (χ0) is 10.7. The molecule has 1 aromatic rings. The number of hydrogen-bond donors (Lipinski definition) is 1. The summed E-state index contributed by atoms with van der Waals surface area (Å²) in [4.78, 5) is 10.7. The van der Waals surface area contributed by atoms with E-state index in [4.69, 9.17) is 9.47 Å². The minimum atomic E-state index is -0.181. The SMILES string of the molecule is COc1cc(C)c(C=O)c(O)c1OC. The van der Waals surface area contributed by atoms with Crippen molar-refractivity contribution in [3.8, 4) is 17.2 Å². The second-order valence-electron chi connectivity index (χ2n) is 2.81. The molecule has 0 spiro atoms. The van der Waals surface area contributed by atoms with Crippen LogP contribution in [0.1, 0.15) is 15.9 Å². The molecule has 1 N–H and O–H groups in total. The van der Waals surface area contributed by atoms with E-state index in [1.54, 1.807) is 13.0 Å². The van der Waals surface area contributed by atoms with Gasteiger partial charge >= 0.3 is 0 Å². The van der Waals surface area contributed by atoms with Crippen molar-refractivity contribution < 1.29 is 19.4 Å². The summed E-state index contributed by atoms with van der Waals surface area (Å²) in [7, 11) is 2.87. The number of phenolic OH excluding ortho intramolecular Hbond substituents is 1. The van der Waals surface area contributed by atoms with Crippen molar-refractivity contribution in [1.29, 1.82) is 0 Å². The van der Waals surface area contributed by atoms with Crippen LogP contribution in [0.3, 0.4) is 0 Å². The highest BCUT2D eigenvalue weighted by atomic mass is 16.5. The number of rotatable bonds is 3. The van der Waals surface area contributed by atoms with Crippen LogP contribution in [0.15, 0.2) is 6.07 Å². The monoisotopic (exact) mass is 196 g/mol. The molecule has 0 fully saturated rings. The molecule has 0 radical (unpaired) electrons. The summed E-state index contributed by atoms with van der Waals surface area (Å²) >= 11 is 0. The van der Waals surface area contributed by atoms with Crippen LogP contribution in [-0.4, -0.2) is 25.6 Å². The standard InChI is InChI=1S/C10H12O4/c1-6-4-8(13-2)10(14-3)9(12)7(6)5-11/h4-5,12H,1-3H3. The predicted octanol–water partition coefficient (Wildman–Crippen LogP) is 1.53. The van der Waals surface area contributed by atoms with Crippen LogP contribution in [-0.2, 0) is 0 Å². The van der Waals surface area contributed by atoms with Gasteiger partial charge in [-0.15, -0.1) is 0 Å². The summed E-state index contributed by atoms with van der Waals surface area (Å²) in [6, 6.07) is 1.64. The summed E-state index contributed by atoms with van der Waals surface area (Å²) in [5, 5.41) is 9.65. The van der Waals surface area contributed by atoms with E-state index in [-0.39, 0.29) is 17.1 Å². The summed E-state index contributed by atoms with van der Waals surface area (Å²) in [6.07, 6.45) is 0.590. The molecule has 0 heterocycles. The van der Waals surface area contributed by atoms with E-state index in [1.165, 1.54) is 14.2 Å². The Bertz CT molecular complexity index is 358. The summed E-state index contributed by atoms with van der Waals surface area (Å²) in [5.41, 5.74) is 0.873. The fraction of sp³-hybridized carbons (Fsp3) is 0.300. The summed E-state index contributed by atoms with van der Waals surface area (Å²) in [5.74, 6) is 0.410. The van der Waals surface area contributed by atoms with Crippen molar-refractivity contribution >= 4 is 6.29 Å². The fourth-order valence-corrected chi connectivity index (χ4v) is 1.26. The molecule has 0 saturated carbocycles. The van der Waals surface area contributed by atoms with Gasteiger partial charge in [-0.3, -0.25) is 4.79 Å². The second-order valence-corrected chi connectivity index (χ2v) is 2.81. The summed E-state index contributed by atoms with van der Waals surface area (Å²) in [6.45, 7) is 1.71. The van der Waals surface area contributed by atoms with E-state index < -0.39 is 0 Å². The lowest BCUT2D eigenvalue weighted by Crippen LogP contribution is -1.96. The third kappa shape index (κ3) is 1.51. The molecule has 0 aliphatic heterocycles. The molecule has 0 saturated heterocycles. The Morgan fingerprint density at radius 2 is 2.00 bits per heavy atom. The largest absolute Gasteiger partial charge is 0.504 e. The molecule has 0 unspecified atom stereocenters. The maximum atomic E-state index is 10.7. The van der Waals surface area contributed by atoms with Crippen molar-refractivity contribution in [2.24, 2.45) is 0 Å². The number of carbonyl (C=O) groups excluding carboxylic acids is 1. The molecule has 14 heavy (non-hydrogen) atoms. The Hall–Kier alpha value is -1.71. The highest BCUT2D eigenvalue weighted by molar-refractivity contribution is 5.84. The van der Waals surface area contributed by atoms with Gasteiger partial charge in [-0.25, -0.2) is 0 Å². The Morgan fingerprint density at radius 3 is 2.43 bits per heavy atom. The third-order valence-electron chi connectivity index (χ3n) is 2.01. The third-order valence-corrected chi connectivity index (χ3v) is 2.01. The first-order valence-electron chi connectivity index (χ1n) is 4.05. The van der Waals surface area contributed by atoms with Crippen molar-refractivity contribution in [3.63, 3.8) is 0 Å². The zero-order valence-electron chi connectivity index (χ0n) is 8.33. The van der Waals surface area contributed by atoms with Crippen LogP contribution in [0, 0.1) is 6.92 Å². The van der Waals surface area contributed by atoms with Gasteiger partial charge in [0.1, 0.15) is 0 Å². The van der Waals surface area contributed by atoms with Gasteiger partial charge in [0.15, 0.2) is 17.8 Å². The number of phenols is 1. The summed E-state index contributed by atoms with van der Waals surface area (Å²) < 4.78 is 9.93. The number of aromatic hydroxyl groups is 1. The van der Waals surface area contributed by atoms with Crippen molar-refractivity contribution in [2.45, 2.75) is 6.92 Å². The molecular formula is C10H12O4. The molecule has 0 aliphatic rings. The Kier molecular flexibility index (Phi) is 2.96. The van der Waals surface area contributed by atoms with Crippen LogP contribution in [0.25, 0.3) is 0 Å². The van der Waals surface area contributed by atoms with Gasteiger partial charge in [0.2, 0.25) is 5.75 Å². The second kappa shape index (κ2) is 4.00. The number of aldehydes is 1. The minimum Gasteiger partial charge on any atom is -0.504 e. The lowest BCUT2D eigenvalue weighted by Gasteiger charge is -2.12. The number of hydrogen-bond acceptors (Lipinski definition) is 4. The molecule has 0 aromatic heterocycles. The number of carbonyl (C=O) groups is 1. The van der Waals surface area contributed by atoms with Crippen molar-refractivity contribution in [3.05, 3.63) is 17.2 Å². The van der Waals surface area contributed by atoms with E-state index in [1.807, 2.05) is 0 Å². The quantitative estimate of drug-likeness (QED) is 0.745. The molecule has 0 aliphatic carbocycles.